The number of aromatic nitrogens is 2. The Balaban J connectivity index is 2.38. The van der Waals surface area contributed by atoms with Crippen LogP contribution in [0.2, 0.25) is 0 Å². The lowest BCUT2D eigenvalue weighted by Crippen LogP contribution is -1.96. The first kappa shape index (κ1) is 12.4. The molecule has 0 bridgehead atoms. The largest absolute Gasteiger partial charge is 0.271 e. The summed E-state index contributed by atoms with van der Waals surface area (Å²) in [5.74, 6) is 0. The molecule has 0 fully saturated rings. The predicted molar refractivity (Wildman–Crippen MR) is 72.1 cm³/mol. The lowest BCUT2D eigenvalue weighted by molar-refractivity contribution is 0.628. The van der Waals surface area contributed by atoms with E-state index >= 15 is 0 Å². The summed E-state index contributed by atoms with van der Waals surface area (Å²) in [5.41, 5.74) is 6.21. The maximum absolute atomic E-state index is 8.58. The third kappa shape index (κ3) is 2.43. The summed E-state index contributed by atoms with van der Waals surface area (Å²) < 4.78 is 1.83. The highest BCUT2D eigenvalue weighted by Crippen LogP contribution is 2.27. The van der Waals surface area contributed by atoms with Gasteiger partial charge in [0.15, 0.2) is 0 Å². The van der Waals surface area contributed by atoms with Crippen LogP contribution >= 0.6 is 0 Å². The van der Waals surface area contributed by atoms with Gasteiger partial charge >= 0.3 is 0 Å². The van der Waals surface area contributed by atoms with Gasteiger partial charge in [-0.25, -0.2) is 0 Å². The van der Waals surface area contributed by atoms with E-state index in [1.807, 2.05) is 17.1 Å². The van der Waals surface area contributed by atoms with Crippen molar-refractivity contribution in [1.29, 1.82) is 5.26 Å². The number of nitrogens with zero attached hydrogens (tertiary/aromatic N) is 3. The van der Waals surface area contributed by atoms with Gasteiger partial charge in [-0.05, 0) is 37.5 Å². The number of hydrogen-bond acceptors (Lipinski definition) is 2. The quantitative estimate of drug-likeness (QED) is 0.823. The van der Waals surface area contributed by atoms with Crippen molar-refractivity contribution in [3.8, 4) is 17.2 Å². The molecule has 92 valence electrons. The van der Waals surface area contributed by atoms with E-state index in [1.165, 1.54) is 22.3 Å². The van der Waals surface area contributed by atoms with Crippen LogP contribution in [-0.4, -0.2) is 9.78 Å². The van der Waals surface area contributed by atoms with E-state index in [0.717, 1.165) is 5.56 Å². The Hall–Kier alpha value is -2.08. The Morgan fingerprint density at radius 3 is 2.50 bits per heavy atom. The van der Waals surface area contributed by atoms with Gasteiger partial charge < -0.3 is 0 Å². The minimum atomic E-state index is 0.493. The third-order valence-corrected chi connectivity index (χ3v) is 3.05. The van der Waals surface area contributed by atoms with Crippen LogP contribution in [0, 0.1) is 32.1 Å². The first-order valence-electron chi connectivity index (χ1n) is 6.09. The van der Waals surface area contributed by atoms with Crippen LogP contribution < -0.4 is 0 Å². The minimum absolute atomic E-state index is 0.493. The van der Waals surface area contributed by atoms with Crippen LogP contribution in [0.1, 0.15) is 23.1 Å². The molecule has 0 aliphatic carbocycles. The first-order chi connectivity index (χ1) is 8.61. The van der Waals surface area contributed by atoms with E-state index in [0.29, 0.717) is 13.0 Å². The Bertz CT molecular complexity index is 579. The number of benzene rings is 1. The Morgan fingerprint density at radius 2 is 1.89 bits per heavy atom. The summed E-state index contributed by atoms with van der Waals surface area (Å²) in [7, 11) is 0. The summed E-state index contributed by atoms with van der Waals surface area (Å²) in [4.78, 5) is 0. The molecule has 3 nitrogen and oxygen atoms in total. The fraction of sp³-hybridized carbons (Fsp3) is 0.333. The second-order valence-electron chi connectivity index (χ2n) is 4.67. The van der Waals surface area contributed by atoms with E-state index in [1.54, 1.807) is 0 Å². The molecular weight excluding hydrogens is 222 g/mol. The van der Waals surface area contributed by atoms with E-state index in [9.17, 15) is 0 Å². The average Bonchev–Trinajstić information content (AvgIpc) is 2.73. The van der Waals surface area contributed by atoms with Gasteiger partial charge in [-0.2, -0.15) is 10.4 Å². The molecule has 0 N–H and O–H groups in total. The van der Waals surface area contributed by atoms with Crippen LogP contribution in [0.15, 0.2) is 24.5 Å². The highest BCUT2D eigenvalue weighted by molar-refractivity contribution is 5.70. The minimum Gasteiger partial charge on any atom is -0.271 e. The van der Waals surface area contributed by atoms with Gasteiger partial charge in [0.25, 0.3) is 0 Å². The smallest absolute Gasteiger partial charge is 0.0641 e. The number of hydrogen-bond donors (Lipinski definition) is 0. The average molecular weight is 239 g/mol. The SMILES string of the molecule is Cc1cc(C)c(-c2cnn(CCC#N)c2)c(C)c1. The zero-order valence-corrected chi connectivity index (χ0v) is 11.1. The molecule has 0 aliphatic heterocycles. The van der Waals surface area contributed by atoms with Crippen LogP contribution in [0.3, 0.4) is 0 Å². The molecule has 0 aliphatic rings. The van der Waals surface area contributed by atoms with Gasteiger partial charge in [0, 0.05) is 11.8 Å². The van der Waals surface area contributed by atoms with E-state index < -0.39 is 0 Å². The zero-order chi connectivity index (χ0) is 13.1. The number of aryl methyl sites for hydroxylation is 4. The van der Waals surface area contributed by atoms with Crippen LogP contribution in [-0.2, 0) is 6.54 Å². The van der Waals surface area contributed by atoms with Gasteiger partial charge in [-0.1, -0.05) is 17.7 Å². The van der Waals surface area contributed by atoms with Crippen molar-refractivity contribution in [2.24, 2.45) is 0 Å². The predicted octanol–water partition coefficient (Wildman–Crippen LogP) is 3.39. The highest BCUT2D eigenvalue weighted by atomic mass is 15.3. The second kappa shape index (κ2) is 5.05. The lowest BCUT2D eigenvalue weighted by atomic mass is 9.96. The molecular formula is C15H17N3. The lowest BCUT2D eigenvalue weighted by Gasteiger charge is -2.09. The molecule has 1 heterocycles. The topological polar surface area (TPSA) is 41.6 Å². The Labute approximate surface area is 108 Å². The third-order valence-electron chi connectivity index (χ3n) is 3.05. The number of nitriles is 1. The van der Waals surface area contributed by atoms with Gasteiger partial charge in [0.2, 0.25) is 0 Å². The molecule has 2 aromatic rings. The molecule has 0 unspecified atom stereocenters. The summed E-state index contributed by atoms with van der Waals surface area (Å²) in [6.07, 6.45) is 4.39. The van der Waals surface area contributed by atoms with Crippen LogP contribution in [0.25, 0.3) is 11.1 Å². The molecule has 18 heavy (non-hydrogen) atoms. The van der Waals surface area contributed by atoms with Crippen LogP contribution in [0.4, 0.5) is 0 Å². The Morgan fingerprint density at radius 1 is 1.22 bits per heavy atom. The van der Waals surface area contributed by atoms with Gasteiger partial charge in [0.05, 0.1) is 25.2 Å². The molecule has 0 saturated heterocycles. The van der Waals surface area contributed by atoms with Crippen molar-refractivity contribution >= 4 is 0 Å². The summed E-state index contributed by atoms with van der Waals surface area (Å²) in [6, 6.07) is 6.51. The van der Waals surface area contributed by atoms with Crippen molar-refractivity contribution in [2.45, 2.75) is 33.7 Å². The van der Waals surface area contributed by atoms with E-state index in [4.69, 9.17) is 5.26 Å². The highest BCUT2D eigenvalue weighted by Gasteiger charge is 2.08. The van der Waals surface area contributed by atoms with Crippen molar-refractivity contribution in [1.82, 2.24) is 9.78 Å². The molecule has 0 atom stereocenters. The summed E-state index contributed by atoms with van der Waals surface area (Å²) in [5, 5.41) is 12.9. The maximum Gasteiger partial charge on any atom is 0.0641 e. The van der Waals surface area contributed by atoms with Gasteiger partial charge in [-0.15, -0.1) is 0 Å². The van der Waals surface area contributed by atoms with Crippen molar-refractivity contribution in [3.63, 3.8) is 0 Å². The van der Waals surface area contributed by atoms with E-state index in [-0.39, 0.29) is 0 Å². The van der Waals surface area contributed by atoms with E-state index in [2.05, 4.69) is 44.1 Å². The zero-order valence-electron chi connectivity index (χ0n) is 11.1. The number of rotatable bonds is 3. The normalized spacial score (nSPS) is 10.3. The molecule has 1 aromatic carbocycles. The van der Waals surface area contributed by atoms with Gasteiger partial charge in [-0.3, -0.25) is 4.68 Å². The molecule has 0 radical (unpaired) electrons. The van der Waals surface area contributed by atoms with Crippen molar-refractivity contribution < 1.29 is 0 Å². The monoisotopic (exact) mass is 239 g/mol. The summed E-state index contributed by atoms with van der Waals surface area (Å²) in [6.45, 7) is 7.02. The molecule has 0 saturated carbocycles. The standard InChI is InChI=1S/C15H17N3/c1-11-7-12(2)15(13(3)8-11)14-9-17-18(10-14)6-4-5-16/h7-10H,4,6H2,1-3H3. The van der Waals surface area contributed by atoms with Crippen molar-refractivity contribution in [2.75, 3.05) is 0 Å². The van der Waals surface area contributed by atoms with Gasteiger partial charge in [0.1, 0.15) is 0 Å². The second-order valence-corrected chi connectivity index (χ2v) is 4.67. The fourth-order valence-corrected chi connectivity index (χ4v) is 2.41. The molecule has 3 heteroatoms. The van der Waals surface area contributed by atoms with Crippen molar-refractivity contribution in [3.05, 3.63) is 41.2 Å². The molecule has 0 spiro atoms. The molecule has 2 rings (SSSR count). The Kier molecular flexibility index (Phi) is 3.47. The maximum atomic E-state index is 8.58. The fourth-order valence-electron chi connectivity index (χ4n) is 2.41. The molecule has 1 aromatic heterocycles. The molecule has 0 amide bonds. The van der Waals surface area contributed by atoms with Crippen LogP contribution in [0.5, 0.6) is 0 Å². The first-order valence-corrected chi connectivity index (χ1v) is 6.09. The summed E-state index contributed by atoms with van der Waals surface area (Å²) >= 11 is 0.